The molecule has 1 saturated heterocycles. The minimum absolute atomic E-state index is 0.0548. The number of oxime groups is 1. The Bertz CT molecular complexity index is 1620. The third kappa shape index (κ3) is 6.46. The highest BCUT2D eigenvalue weighted by atomic mass is 19.4. The SMILES string of the molecule is [2H]C([2H])([2H])/C(=N\OCc1ccc(C2([2H])C([2H])([2H])C([2H])([2H])C([2H])(C)C([2H])([2H])C2([2H])[2H])c(C(F)(F)F)c1)c1ccc(C([2H])([2H])N2CCC2)c(CC)c1. The molecule has 2 aliphatic rings. The molecule has 0 spiro atoms. The summed E-state index contributed by atoms with van der Waals surface area (Å²) in [4.78, 5) is 6.83. The molecular formula is C29H37F3N2O. The molecule has 0 amide bonds. The van der Waals surface area contributed by atoms with E-state index in [1.165, 1.54) is 18.2 Å². The highest BCUT2D eigenvalue weighted by Gasteiger charge is 2.36. The highest BCUT2D eigenvalue weighted by molar-refractivity contribution is 5.98. The predicted octanol–water partition coefficient (Wildman–Crippen LogP) is 7.71. The van der Waals surface area contributed by atoms with Crippen LogP contribution in [0, 0.1) is 5.89 Å². The first-order valence-corrected chi connectivity index (χ1v) is 11.3. The summed E-state index contributed by atoms with van der Waals surface area (Å²) in [6.45, 7) is -2.02. The third-order valence-electron chi connectivity index (χ3n) is 5.69. The van der Waals surface area contributed by atoms with E-state index in [4.69, 9.17) is 25.4 Å². The van der Waals surface area contributed by atoms with Crippen LogP contribution in [0.25, 0.3) is 0 Å². The van der Waals surface area contributed by atoms with E-state index < -0.39 is 80.3 Å². The molecule has 4 rings (SSSR count). The average Bonchev–Trinajstić information content (AvgIpc) is 2.95. The van der Waals surface area contributed by atoms with Crippen molar-refractivity contribution in [2.75, 3.05) is 13.1 Å². The van der Waals surface area contributed by atoms with Gasteiger partial charge in [0.05, 0.1) is 11.3 Å². The molecule has 1 saturated carbocycles. The third-order valence-corrected chi connectivity index (χ3v) is 5.69. The van der Waals surface area contributed by atoms with E-state index >= 15 is 0 Å². The van der Waals surface area contributed by atoms with Crippen molar-refractivity contribution in [2.45, 2.75) is 84.2 Å². The van der Waals surface area contributed by atoms with Crippen molar-refractivity contribution in [3.05, 3.63) is 69.8 Å². The molecule has 190 valence electrons. The number of nitrogens with zero attached hydrogens (tertiary/aromatic N) is 2. The molecule has 35 heavy (non-hydrogen) atoms. The van der Waals surface area contributed by atoms with Gasteiger partial charge in [0, 0.05) is 27.1 Å². The molecule has 1 heterocycles. The number of likely N-dealkylation sites (tertiary alicyclic amines) is 1. The topological polar surface area (TPSA) is 24.8 Å². The lowest BCUT2D eigenvalue weighted by atomic mass is 9.78. The van der Waals surface area contributed by atoms with Crippen molar-refractivity contribution >= 4 is 5.71 Å². The second-order valence-corrected chi connectivity index (χ2v) is 8.27. The number of aryl methyl sites for hydroxylation is 1. The van der Waals surface area contributed by atoms with Gasteiger partial charge >= 0.3 is 6.18 Å². The summed E-state index contributed by atoms with van der Waals surface area (Å²) in [5.74, 6) is -7.06. The zero-order valence-electron chi connectivity index (χ0n) is 34.4. The number of halogens is 3. The van der Waals surface area contributed by atoms with Gasteiger partial charge in [-0.3, -0.25) is 4.90 Å². The van der Waals surface area contributed by atoms with E-state index in [0.29, 0.717) is 49.7 Å². The normalized spacial score (nSPS) is 38.7. The summed E-state index contributed by atoms with van der Waals surface area (Å²) in [5.41, 5.74) is -3.20. The van der Waals surface area contributed by atoms with Crippen LogP contribution in [0.15, 0.2) is 41.6 Å². The molecule has 1 aliphatic heterocycles. The molecule has 0 aromatic heterocycles. The number of rotatable bonds is 8. The van der Waals surface area contributed by atoms with Gasteiger partial charge in [-0.15, -0.1) is 0 Å². The van der Waals surface area contributed by atoms with Crippen LogP contribution in [0.5, 0.6) is 0 Å². The minimum atomic E-state index is -5.40. The summed E-state index contributed by atoms with van der Waals surface area (Å²) in [6.07, 6.45) is -19.3. The van der Waals surface area contributed by atoms with Gasteiger partial charge in [-0.05, 0) is 97.3 Å². The lowest BCUT2D eigenvalue weighted by Crippen LogP contribution is -2.36. The maximum atomic E-state index is 14.6. The zero-order chi connectivity index (χ0) is 38.3. The molecule has 2 fully saturated rings. The van der Waals surface area contributed by atoms with Gasteiger partial charge in [0.25, 0.3) is 0 Å². The van der Waals surface area contributed by atoms with Gasteiger partial charge in [-0.1, -0.05) is 56.0 Å². The van der Waals surface area contributed by atoms with Crippen LogP contribution in [-0.2, 0) is 30.5 Å². The first-order chi connectivity index (χ1) is 22.5. The van der Waals surface area contributed by atoms with Gasteiger partial charge < -0.3 is 4.84 Å². The summed E-state index contributed by atoms with van der Waals surface area (Å²) < 4.78 is 169. The molecule has 0 atom stereocenters. The Morgan fingerprint density at radius 2 is 1.94 bits per heavy atom. The molecule has 1 aliphatic carbocycles. The summed E-state index contributed by atoms with van der Waals surface area (Å²) in [5, 5.41) is 3.70. The standard InChI is InChI=1S/C29H37F3N2O/c1-4-23-17-25(11-12-26(23)18-34-14-5-15-34)21(3)33-35-19-22-8-13-27(28(16-22)29(30,31)32)24-9-6-20(2)7-10-24/h8,11-13,16-17,20,24H,4-7,9-10,14-15,18-19H2,1-3H3/b33-21+/i3D3,6D2,7D2,9D2,10D2,18D2,20D,24D. The van der Waals surface area contributed by atoms with Gasteiger partial charge in [0.2, 0.25) is 0 Å². The highest BCUT2D eigenvalue weighted by Crippen LogP contribution is 2.42. The fourth-order valence-electron chi connectivity index (χ4n) is 3.61. The van der Waals surface area contributed by atoms with Gasteiger partial charge in [0.15, 0.2) is 0 Å². The van der Waals surface area contributed by atoms with Crippen molar-refractivity contribution in [3.8, 4) is 0 Å². The van der Waals surface area contributed by atoms with Gasteiger partial charge in [0.1, 0.15) is 6.61 Å². The Balaban J connectivity index is 1.76. The van der Waals surface area contributed by atoms with E-state index in [0.717, 1.165) is 12.5 Å². The lowest BCUT2D eigenvalue weighted by Gasteiger charge is -2.31. The largest absolute Gasteiger partial charge is 0.416 e. The summed E-state index contributed by atoms with van der Waals surface area (Å²) >= 11 is 0. The molecule has 0 bridgehead atoms. The molecule has 2 aromatic carbocycles. The maximum absolute atomic E-state index is 14.6. The Morgan fingerprint density at radius 3 is 2.57 bits per heavy atom. The Hall–Kier alpha value is -2.34. The Morgan fingerprint density at radius 1 is 1.17 bits per heavy atom. The van der Waals surface area contributed by atoms with E-state index in [2.05, 4.69) is 5.16 Å². The molecule has 6 heteroatoms. The fourth-order valence-corrected chi connectivity index (χ4v) is 3.61. The Kier molecular flexibility index (Phi) is 4.06. The molecule has 3 nitrogen and oxygen atoms in total. The molecular weight excluding hydrogens is 449 g/mol. The average molecular weight is 502 g/mol. The minimum Gasteiger partial charge on any atom is -0.391 e. The molecule has 0 unspecified atom stereocenters. The predicted molar refractivity (Wildman–Crippen MR) is 135 cm³/mol. The quantitative estimate of drug-likeness (QED) is 0.273. The van der Waals surface area contributed by atoms with Crippen molar-refractivity contribution in [3.63, 3.8) is 0 Å². The van der Waals surface area contributed by atoms with E-state index in [1.54, 1.807) is 11.8 Å². The first-order valence-electron chi connectivity index (χ1n) is 18.8. The van der Waals surface area contributed by atoms with Crippen molar-refractivity contribution in [1.82, 2.24) is 4.90 Å². The second kappa shape index (κ2) is 11.2. The van der Waals surface area contributed by atoms with Crippen LogP contribution >= 0.6 is 0 Å². The number of alkyl halides is 3. The van der Waals surface area contributed by atoms with Crippen LogP contribution < -0.4 is 0 Å². The Labute approximate surface area is 228 Å². The van der Waals surface area contributed by atoms with Crippen LogP contribution in [0.1, 0.15) is 112 Å². The van der Waals surface area contributed by atoms with Crippen molar-refractivity contribution in [2.24, 2.45) is 11.0 Å². The molecule has 0 radical (unpaired) electrons. The monoisotopic (exact) mass is 501 g/mol. The maximum Gasteiger partial charge on any atom is 0.416 e. The van der Waals surface area contributed by atoms with Crippen LogP contribution in [0.2, 0.25) is 0 Å². The van der Waals surface area contributed by atoms with E-state index in [-0.39, 0.29) is 11.1 Å². The van der Waals surface area contributed by atoms with Crippen LogP contribution in [0.3, 0.4) is 0 Å². The molecule has 0 N–H and O–H groups in total. The molecule has 2 aromatic rings. The number of hydrogen-bond donors (Lipinski definition) is 0. The van der Waals surface area contributed by atoms with Gasteiger partial charge in [-0.25, -0.2) is 0 Å². The van der Waals surface area contributed by atoms with Crippen LogP contribution in [-0.4, -0.2) is 23.7 Å². The van der Waals surface area contributed by atoms with E-state index in [1.807, 2.05) is 0 Å². The summed E-state index contributed by atoms with van der Waals surface area (Å²) in [7, 11) is 0. The number of hydrogen-bond acceptors (Lipinski definition) is 3. The fraction of sp³-hybridized carbons (Fsp3) is 0.552. The zero-order valence-corrected chi connectivity index (χ0v) is 19.4. The smallest absolute Gasteiger partial charge is 0.391 e. The first kappa shape index (κ1) is 12.8. The number of benzene rings is 2. The van der Waals surface area contributed by atoms with Crippen LogP contribution in [0.4, 0.5) is 13.2 Å². The van der Waals surface area contributed by atoms with Crippen molar-refractivity contribution < 1.29 is 38.6 Å². The lowest BCUT2D eigenvalue weighted by molar-refractivity contribution is -0.138. The second-order valence-electron chi connectivity index (χ2n) is 8.27. The van der Waals surface area contributed by atoms with E-state index in [9.17, 15) is 13.2 Å². The summed E-state index contributed by atoms with van der Waals surface area (Å²) in [6, 6.07) is 6.06. The van der Waals surface area contributed by atoms with Gasteiger partial charge in [-0.2, -0.15) is 13.2 Å². The van der Waals surface area contributed by atoms with Crippen molar-refractivity contribution in [1.29, 1.82) is 0 Å².